The molecular weight excluding hydrogens is 1040 g/mol. The third kappa shape index (κ3) is 13.1. The van der Waals surface area contributed by atoms with Gasteiger partial charge < -0.3 is 19.0 Å². The Balaban J connectivity index is 0.000000192. The van der Waals surface area contributed by atoms with Gasteiger partial charge in [-0.15, -0.1) is 0 Å². The first-order valence-electron chi connectivity index (χ1n) is 26.7. The van der Waals surface area contributed by atoms with Gasteiger partial charge in [-0.05, 0) is 101 Å². The molecule has 8 aromatic heterocycles. The third-order valence-electron chi connectivity index (χ3n) is 14.5. The van der Waals surface area contributed by atoms with Crippen LogP contribution in [0.1, 0.15) is 139 Å². The lowest BCUT2D eigenvalue weighted by Gasteiger charge is -2.28. The highest BCUT2D eigenvalue weighted by molar-refractivity contribution is 5.73. The molecule has 2 fully saturated rings. The predicted molar refractivity (Wildman–Crippen MR) is 280 cm³/mol. The van der Waals surface area contributed by atoms with E-state index in [-0.39, 0.29) is 78.0 Å². The lowest BCUT2D eigenvalue weighted by atomic mass is 9.85. The SMILES string of the molecule is CC(F)c1nc2c(=O)n(CCCCc3noc(-c4ccccn4)n3)c(=O)n(CCC3CCC(F)(F)CC3)c2c(=O)[nH]1.CC(F)c1nc2c(=O)n(CCCCc3noc(-c4ccccn4)n3)c(=O)n(CCC3CCCC3)c2c(=O)[nH]1. The molecule has 2 aliphatic carbocycles. The number of unbranched alkanes of at least 4 members (excludes halogenated alkanes) is 2. The van der Waals surface area contributed by atoms with Gasteiger partial charge in [-0.3, -0.25) is 47.4 Å². The second-order valence-corrected chi connectivity index (χ2v) is 20.2. The minimum atomic E-state index is -2.69. The number of halogens is 4. The molecule has 0 amide bonds. The molecule has 79 heavy (non-hydrogen) atoms. The Hall–Kier alpha value is -8.06. The van der Waals surface area contributed by atoms with Crippen molar-refractivity contribution in [3.05, 3.63) is 134 Å². The fraction of sp³-hybridized carbons (Fsp3) is 0.509. The lowest BCUT2D eigenvalue weighted by molar-refractivity contribution is -0.0468. The van der Waals surface area contributed by atoms with Crippen molar-refractivity contribution in [2.75, 3.05) is 0 Å². The van der Waals surface area contributed by atoms with Crippen LogP contribution in [0.4, 0.5) is 17.6 Å². The zero-order valence-corrected chi connectivity index (χ0v) is 43.7. The van der Waals surface area contributed by atoms with Crippen LogP contribution in [0.3, 0.4) is 0 Å². The maximum Gasteiger partial charge on any atom is 0.331 e. The van der Waals surface area contributed by atoms with Crippen LogP contribution in [0, 0.1) is 11.8 Å². The van der Waals surface area contributed by atoms with E-state index in [0.29, 0.717) is 99.2 Å². The number of pyridine rings is 2. The topological polar surface area (TPSA) is 283 Å². The molecule has 2 unspecified atom stereocenters. The van der Waals surface area contributed by atoms with Crippen molar-refractivity contribution in [2.24, 2.45) is 11.8 Å². The Labute approximate surface area is 446 Å². The molecule has 0 spiro atoms. The normalized spacial score (nSPS) is 15.6. The van der Waals surface area contributed by atoms with Crippen LogP contribution >= 0.6 is 0 Å². The molecule has 8 aromatic rings. The summed E-state index contributed by atoms with van der Waals surface area (Å²) in [5.74, 6) is -1.26. The van der Waals surface area contributed by atoms with Gasteiger partial charge in [0.05, 0.1) is 0 Å². The van der Waals surface area contributed by atoms with Gasteiger partial charge in [0.25, 0.3) is 34.0 Å². The van der Waals surface area contributed by atoms with Crippen molar-refractivity contribution in [1.82, 2.24) is 68.5 Å². The van der Waals surface area contributed by atoms with E-state index in [4.69, 9.17) is 9.05 Å². The van der Waals surface area contributed by atoms with Crippen LogP contribution in [-0.4, -0.2) is 74.4 Å². The molecule has 10 rings (SSSR count). The number of fused-ring (bicyclic) bond motifs is 2. The number of aromatic amines is 2. The van der Waals surface area contributed by atoms with Crippen LogP contribution in [0.5, 0.6) is 0 Å². The quantitative estimate of drug-likeness (QED) is 0.0560. The summed E-state index contributed by atoms with van der Waals surface area (Å²) in [7, 11) is 0. The van der Waals surface area contributed by atoms with Gasteiger partial charge in [0, 0.05) is 64.3 Å². The molecule has 2 N–H and O–H groups in total. The van der Waals surface area contributed by atoms with E-state index in [2.05, 4.69) is 50.2 Å². The highest BCUT2D eigenvalue weighted by atomic mass is 19.3. The lowest BCUT2D eigenvalue weighted by Crippen LogP contribution is -2.43. The zero-order valence-electron chi connectivity index (χ0n) is 43.7. The number of hydrogen-bond acceptors (Lipinski definition) is 16. The maximum atomic E-state index is 14.0. The summed E-state index contributed by atoms with van der Waals surface area (Å²) in [6.07, 6.45) is 8.65. The largest absolute Gasteiger partial charge is 0.332 e. The summed E-state index contributed by atoms with van der Waals surface area (Å²) in [5.41, 5.74) is -3.90. The fourth-order valence-electron chi connectivity index (χ4n) is 10.2. The predicted octanol–water partition coefficient (Wildman–Crippen LogP) is 7.29. The van der Waals surface area contributed by atoms with E-state index in [1.807, 2.05) is 6.07 Å². The Bertz CT molecular complexity index is 3760. The van der Waals surface area contributed by atoms with E-state index >= 15 is 0 Å². The van der Waals surface area contributed by atoms with Crippen LogP contribution in [-0.2, 0) is 39.0 Å². The van der Waals surface area contributed by atoms with Crippen molar-refractivity contribution < 1.29 is 26.6 Å². The molecule has 8 heterocycles. The zero-order chi connectivity index (χ0) is 55.8. The van der Waals surface area contributed by atoms with Crippen LogP contribution in [0.2, 0.25) is 0 Å². The number of nitrogens with zero attached hydrogens (tertiary/aromatic N) is 12. The van der Waals surface area contributed by atoms with E-state index in [1.54, 1.807) is 42.7 Å². The molecule has 418 valence electrons. The van der Waals surface area contributed by atoms with E-state index < -0.39 is 51.9 Å². The first kappa shape index (κ1) is 55.7. The highest BCUT2D eigenvalue weighted by Crippen LogP contribution is 2.37. The molecule has 0 saturated heterocycles. The monoisotopic (exact) mass is 1100 g/mol. The standard InChI is InChI=1S/C27H30F3N7O4.C26H30FN7O4/c1-16(28)22-33-20-21(23(38)34-22)36(15-10-17-8-11-27(29,30)12-9-17)26(40)37(25(20)39)14-5-3-7-19-32-24(41-35-19)18-6-2-4-13-31-18;1-16(27)22-30-20-21(23(35)31-22)33(15-12-17-8-2-3-9-17)26(37)34(25(20)36)14-7-5-11-19-29-24(38-32-19)18-10-4-6-13-28-18/h2,4,6,13,16-17H,3,5,7-12,14-15H2,1H3,(H,33,34,38);4,6,10,13,16-17H,2-3,5,7-9,11-12,14-15H2,1H3,(H,30,31,35). The summed E-state index contributed by atoms with van der Waals surface area (Å²) < 4.78 is 70.4. The average molecular weight is 1100 g/mol. The van der Waals surface area contributed by atoms with Crippen LogP contribution < -0.4 is 33.6 Å². The molecule has 0 radical (unpaired) electrons. The van der Waals surface area contributed by atoms with Gasteiger partial charge in [0.15, 0.2) is 35.0 Å². The van der Waals surface area contributed by atoms with Gasteiger partial charge in [0.2, 0.25) is 5.92 Å². The van der Waals surface area contributed by atoms with Gasteiger partial charge in [0.1, 0.15) is 34.1 Å². The third-order valence-corrected chi connectivity index (χ3v) is 14.5. The summed E-state index contributed by atoms with van der Waals surface area (Å²) in [4.78, 5) is 109. The fourth-order valence-corrected chi connectivity index (χ4v) is 10.2. The summed E-state index contributed by atoms with van der Waals surface area (Å²) in [5, 5.41) is 7.93. The van der Waals surface area contributed by atoms with Crippen molar-refractivity contribution in [3.63, 3.8) is 0 Å². The summed E-state index contributed by atoms with van der Waals surface area (Å²) in [6, 6.07) is 10.7. The number of nitrogens with one attached hydrogen (secondary N) is 2. The molecule has 26 heteroatoms. The van der Waals surface area contributed by atoms with Gasteiger partial charge in [-0.25, -0.2) is 37.1 Å². The minimum Gasteiger partial charge on any atom is -0.332 e. The second-order valence-electron chi connectivity index (χ2n) is 20.2. The molecule has 2 atom stereocenters. The molecule has 0 bridgehead atoms. The number of aryl methyl sites for hydroxylation is 4. The van der Waals surface area contributed by atoms with E-state index in [0.717, 1.165) is 41.2 Å². The van der Waals surface area contributed by atoms with Gasteiger partial charge in [-0.1, -0.05) is 48.1 Å². The van der Waals surface area contributed by atoms with Gasteiger partial charge in [-0.2, -0.15) is 9.97 Å². The van der Waals surface area contributed by atoms with Crippen molar-refractivity contribution in [1.29, 1.82) is 0 Å². The van der Waals surface area contributed by atoms with Crippen molar-refractivity contribution in [2.45, 2.75) is 161 Å². The van der Waals surface area contributed by atoms with Crippen molar-refractivity contribution >= 4 is 22.1 Å². The smallest absolute Gasteiger partial charge is 0.331 e. The van der Waals surface area contributed by atoms with E-state index in [9.17, 15) is 46.3 Å². The summed E-state index contributed by atoms with van der Waals surface area (Å²) >= 11 is 0. The molecule has 2 aliphatic rings. The van der Waals surface area contributed by atoms with Crippen molar-refractivity contribution in [3.8, 4) is 23.2 Å². The number of rotatable bonds is 20. The number of alkyl halides is 4. The molecular formula is C53H60F4N14O8. The molecule has 0 aromatic carbocycles. The second kappa shape index (κ2) is 24.7. The number of aromatic nitrogens is 14. The first-order valence-corrected chi connectivity index (χ1v) is 26.7. The molecule has 2 saturated carbocycles. The molecule has 22 nitrogen and oxygen atoms in total. The van der Waals surface area contributed by atoms with Crippen LogP contribution in [0.15, 0.2) is 86.6 Å². The number of hydrogen-bond donors (Lipinski definition) is 2. The Morgan fingerprint density at radius 3 is 1.42 bits per heavy atom. The Morgan fingerprint density at radius 1 is 0.582 bits per heavy atom. The average Bonchev–Trinajstić information content (AvgIpc) is 4.39. The number of H-pyrrole nitrogens is 2. The Morgan fingerprint density at radius 2 is 1.01 bits per heavy atom. The highest BCUT2D eigenvalue weighted by Gasteiger charge is 2.35. The minimum absolute atomic E-state index is 0.0171. The molecule has 0 aliphatic heterocycles. The Kier molecular flexibility index (Phi) is 17.4. The maximum absolute atomic E-state index is 14.0. The summed E-state index contributed by atoms with van der Waals surface area (Å²) in [6.45, 7) is 2.89. The first-order chi connectivity index (χ1) is 38.0. The van der Waals surface area contributed by atoms with E-state index in [1.165, 1.54) is 23.0 Å². The van der Waals surface area contributed by atoms with Gasteiger partial charge >= 0.3 is 11.4 Å². The van der Waals surface area contributed by atoms with Crippen LogP contribution in [0.25, 0.3) is 45.2 Å².